The number of aryl methyl sites for hydroxylation is 1. The Hall–Kier alpha value is -2.27. The Labute approximate surface area is 126 Å². The van der Waals surface area contributed by atoms with E-state index in [1.54, 1.807) is 42.1 Å². The van der Waals surface area contributed by atoms with E-state index >= 15 is 0 Å². The van der Waals surface area contributed by atoms with Crippen molar-refractivity contribution in [2.45, 2.75) is 11.8 Å². The van der Waals surface area contributed by atoms with Gasteiger partial charge in [-0.15, -0.1) is 11.8 Å². The van der Waals surface area contributed by atoms with Crippen LogP contribution in [0.2, 0.25) is 0 Å². The van der Waals surface area contributed by atoms with Crippen molar-refractivity contribution >= 4 is 35.0 Å². The van der Waals surface area contributed by atoms with E-state index in [9.17, 15) is 9.59 Å². The molecule has 0 fully saturated rings. The van der Waals surface area contributed by atoms with Crippen molar-refractivity contribution in [1.82, 2.24) is 0 Å². The predicted molar refractivity (Wildman–Crippen MR) is 85.0 cm³/mol. The zero-order chi connectivity index (χ0) is 15.1. The molecule has 0 radical (unpaired) electrons. The van der Waals surface area contributed by atoms with Crippen molar-refractivity contribution in [3.63, 3.8) is 0 Å². The number of carbonyl (C=O) groups is 2. The molecule has 0 saturated carbocycles. The summed E-state index contributed by atoms with van der Waals surface area (Å²) in [4.78, 5) is 27.3. The number of benzene rings is 2. The third-order valence-electron chi connectivity index (χ3n) is 3.56. The number of thioether (sulfide) groups is 1. The van der Waals surface area contributed by atoms with E-state index in [4.69, 9.17) is 5.73 Å². The van der Waals surface area contributed by atoms with Gasteiger partial charge in [0, 0.05) is 10.6 Å². The molecule has 0 spiro atoms. The average molecular weight is 298 g/mol. The number of imide groups is 1. The minimum Gasteiger partial charge on any atom is -0.399 e. The molecule has 2 N–H and O–H groups in total. The number of nitrogens with zero attached hydrogens (tertiary/aromatic N) is 1. The van der Waals surface area contributed by atoms with Gasteiger partial charge in [0.25, 0.3) is 11.8 Å². The Kier molecular flexibility index (Phi) is 3.22. The number of nitrogens with two attached hydrogens (primary N) is 1. The van der Waals surface area contributed by atoms with Crippen molar-refractivity contribution in [2.75, 3.05) is 16.9 Å². The molecule has 21 heavy (non-hydrogen) atoms. The van der Waals surface area contributed by atoms with Gasteiger partial charge in [-0.3, -0.25) is 9.59 Å². The van der Waals surface area contributed by atoms with Crippen LogP contribution < -0.4 is 10.6 Å². The molecule has 1 aliphatic heterocycles. The summed E-state index contributed by atoms with van der Waals surface area (Å²) in [5.74, 6) is -0.561. The van der Waals surface area contributed by atoms with Crippen molar-refractivity contribution in [3.05, 3.63) is 53.1 Å². The first-order chi connectivity index (χ1) is 10.0. The first-order valence-corrected chi connectivity index (χ1v) is 7.68. The monoisotopic (exact) mass is 298 g/mol. The summed E-state index contributed by atoms with van der Waals surface area (Å²) in [5, 5.41) is 0. The SMILES string of the molecule is CSc1ccc2c(c1)C(=O)N(c1ccc(N)cc1C)C2=O. The summed E-state index contributed by atoms with van der Waals surface area (Å²) in [7, 11) is 0. The van der Waals surface area contributed by atoms with Crippen LogP contribution >= 0.6 is 11.8 Å². The highest BCUT2D eigenvalue weighted by Gasteiger charge is 2.37. The van der Waals surface area contributed by atoms with Crippen LogP contribution in [0.1, 0.15) is 26.3 Å². The van der Waals surface area contributed by atoms with E-state index < -0.39 is 0 Å². The fraction of sp³-hybridized carbons (Fsp3) is 0.125. The summed E-state index contributed by atoms with van der Waals surface area (Å²) in [6, 6.07) is 10.5. The first kappa shape index (κ1) is 13.7. The van der Waals surface area contributed by atoms with Crippen LogP contribution in [-0.2, 0) is 0 Å². The molecule has 106 valence electrons. The van der Waals surface area contributed by atoms with Gasteiger partial charge in [-0.2, -0.15) is 0 Å². The zero-order valence-corrected chi connectivity index (χ0v) is 12.5. The van der Waals surface area contributed by atoms with Crippen molar-refractivity contribution in [3.8, 4) is 0 Å². The fourth-order valence-electron chi connectivity index (χ4n) is 2.50. The normalized spacial score (nSPS) is 13.7. The highest BCUT2D eigenvalue weighted by atomic mass is 32.2. The van der Waals surface area contributed by atoms with E-state index in [1.165, 1.54) is 4.90 Å². The number of rotatable bonds is 2. The molecule has 5 heteroatoms. The fourth-order valence-corrected chi connectivity index (χ4v) is 2.94. The Morgan fingerprint density at radius 1 is 1.00 bits per heavy atom. The van der Waals surface area contributed by atoms with Gasteiger partial charge in [-0.1, -0.05) is 0 Å². The maximum absolute atomic E-state index is 12.6. The van der Waals surface area contributed by atoms with Crippen LogP contribution in [0.4, 0.5) is 11.4 Å². The highest BCUT2D eigenvalue weighted by Crippen LogP contribution is 2.33. The molecule has 2 aromatic carbocycles. The summed E-state index contributed by atoms with van der Waals surface area (Å²) in [5.41, 5.74) is 8.63. The van der Waals surface area contributed by atoms with Gasteiger partial charge in [-0.05, 0) is 55.1 Å². The molecule has 0 saturated heterocycles. The molecule has 2 aromatic rings. The van der Waals surface area contributed by atoms with Crippen molar-refractivity contribution in [1.29, 1.82) is 0 Å². The lowest BCUT2D eigenvalue weighted by atomic mass is 10.1. The minimum absolute atomic E-state index is 0.279. The van der Waals surface area contributed by atoms with Gasteiger partial charge in [0.15, 0.2) is 0 Å². The molecule has 3 rings (SSSR count). The van der Waals surface area contributed by atoms with Crippen LogP contribution in [0.15, 0.2) is 41.3 Å². The lowest BCUT2D eigenvalue weighted by molar-refractivity contribution is 0.0926. The minimum atomic E-state index is -0.282. The second-order valence-electron chi connectivity index (χ2n) is 4.90. The molecule has 2 amide bonds. The number of fused-ring (bicyclic) bond motifs is 1. The van der Waals surface area contributed by atoms with Gasteiger partial charge in [0.1, 0.15) is 0 Å². The summed E-state index contributed by atoms with van der Waals surface area (Å²) in [6.07, 6.45) is 1.94. The standard InChI is InChI=1S/C16H14N2O2S/c1-9-7-10(17)3-6-14(9)18-15(19)12-5-4-11(21-2)8-13(12)16(18)20/h3-8H,17H2,1-2H3. The molecule has 0 unspecified atom stereocenters. The number of hydrogen-bond acceptors (Lipinski definition) is 4. The van der Waals surface area contributed by atoms with Gasteiger partial charge < -0.3 is 5.73 Å². The summed E-state index contributed by atoms with van der Waals surface area (Å²) < 4.78 is 0. The second kappa shape index (κ2) is 4.93. The van der Waals surface area contributed by atoms with Crippen LogP contribution in [0, 0.1) is 6.92 Å². The zero-order valence-electron chi connectivity index (χ0n) is 11.7. The van der Waals surface area contributed by atoms with E-state index in [0.717, 1.165) is 10.5 Å². The van der Waals surface area contributed by atoms with Crippen molar-refractivity contribution in [2.24, 2.45) is 0 Å². The smallest absolute Gasteiger partial charge is 0.266 e. The molecular formula is C16H14N2O2S. The van der Waals surface area contributed by atoms with Gasteiger partial charge in [0.2, 0.25) is 0 Å². The largest absolute Gasteiger partial charge is 0.399 e. The van der Waals surface area contributed by atoms with E-state index in [1.807, 2.05) is 19.2 Å². The lowest BCUT2D eigenvalue weighted by Crippen LogP contribution is -2.30. The Morgan fingerprint density at radius 3 is 2.38 bits per heavy atom. The van der Waals surface area contributed by atoms with E-state index in [0.29, 0.717) is 22.5 Å². The Morgan fingerprint density at radius 2 is 1.71 bits per heavy atom. The maximum Gasteiger partial charge on any atom is 0.266 e. The quantitative estimate of drug-likeness (QED) is 0.526. The maximum atomic E-state index is 12.6. The Balaban J connectivity index is 2.11. The second-order valence-corrected chi connectivity index (χ2v) is 5.78. The topological polar surface area (TPSA) is 63.4 Å². The number of nitrogen functional groups attached to an aromatic ring is 1. The molecule has 0 bridgehead atoms. The number of hydrogen-bond donors (Lipinski definition) is 1. The van der Waals surface area contributed by atoms with E-state index in [2.05, 4.69) is 0 Å². The highest BCUT2D eigenvalue weighted by molar-refractivity contribution is 7.98. The van der Waals surface area contributed by atoms with Crippen LogP contribution in [-0.4, -0.2) is 18.1 Å². The third-order valence-corrected chi connectivity index (χ3v) is 4.28. The van der Waals surface area contributed by atoms with Crippen LogP contribution in [0.5, 0.6) is 0 Å². The molecule has 0 aromatic heterocycles. The number of carbonyl (C=O) groups excluding carboxylic acids is 2. The Bertz CT molecular complexity index is 771. The van der Waals surface area contributed by atoms with Crippen LogP contribution in [0.3, 0.4) is 0 Å². The predicted octanol–water partition coefficient (Wildman–Crippen LogP) is 3.10. The number of anilines is 2. The number of amides is 2. The molecule has 0 aliphatic carbocycles. The van der Waals surface area contributed by atoms with Gasteiger partial charge >= 0.3 is 0 Å². The molecule has 0 atom stereocenters. The summed E-state index contributed by atoms with van der Waals surface area (Å²) in [6.45, 7) is 1.84. The lowest BCUT2D eigenvalue weighted by Gasteiger charge is -2.16. The first-order valence-electron chi connectivity index (χ1n) is 6.46. The van der Waals surface area contributed by atoms with Crippen LogP contribution in [0.25, 0.3) is 0 Å². The molecule has 1 aliphatic rings. The van der Waals surface area contributed by atoms with Crippen molar-refractivity contribution < 1.29 is 9.59 Å². The summed E-state index contributed by atoms with van der Waals surface area (Å²) >= 11 is 1.54. The third kappa shape index (κ3) is 2.10. The van der Waals surface area contributed by atoms with Gasteiger partial charge in [-0.25, -0.2) is 4.90 Å². The molecule has 1 heterocycles. The molecular weight excluding hydrogens is 284 g/mol. The average Bonchev–Trinajstić information content (AvgIpc) is 2.71. The van der Waals surface area contributed by atoms with E-state index in [-0.39, 0.29) is 11.8 Å². The molecule has 4 nitrogen and oxygen atoms in total. The van der Waals surface area contributed by atoms with Gasteiger partial charge in [0.05, 0.1) is 16.8 Å².